The lowest BCUT2D eigenvalue weighted by atomic mass is 10.1. The Kier molecular flexibility index (Phi) is 6.83. The van der Waals surface area contributed by atoms with Gasteiger partial charge in [-0.2, -0.15) is 0 Å². The Morgan fingerprint density at radius 3 is 2.89 bits per heavy atom. The Labute approximate surface area is 122 Å². The van der Waals surface area contributed by atoms with Crippen LogP contribution in [0.1, 0.15) is 10.4 Å². The zero-order chi connectivity index (χ0) is 14.3. The molecule has 0 atom stereocenters. The second kappa shape index (κ2) is 8.14. The third-order valence-corrected chi connectivity index (χ3v) is 3.21. The highest BCUT2D eigenvalue weighted by Crippen LogP contribution is 2.18. The molecule has 0 aromatic heterocycles. The Bertz CT molecular complexity index is 426. The number of methoxy groups -OCH3 is 1. The number of carbonyl (C=O) groups excluding carboxylic acids is 1. The molecule has 0 fully saturated rings. The number of nitrogens with one attached hydrogen (secondary N) is 1. The standard InChI is InChI=1S/C13H20BrN3O2/c1-17(7-8-19-2)6-5-16-13(18)11-9-10(14)3-4-12(11)15/h3-4,9H,5-8,15H2,1-2H3,(H,16,18). The number of anilines is 1. The van der Waals surface area contributed by atoms with E-state index in [1.165, 1.54) is 0 Å². The van der Waals surface area contributed by atoms with E-state index >= 15 is 0 Å². The van der Waals surface area contributed by atoms with Gasteiger partial charge in [-0.3, -0.25) is 4.79 Å². The highest BCUT2D eigenvalue weighted by Gasteiger charge is 2.09. The van der Waals surface area contributed by atoms with Crippen LogP contribution in [0.2, 0.25) is 0 Å². The van der Waals surface area contributed by atoms with Gasteiger partial charge in [-0.1, -0.05) is 15.9 Å². The maximum Gasteiger partial charge on any atom is 0.253 e. The van der Waals surface area contributed by atoms with Crippen LogP contribution in [-0.2, 0) is 4.74 Å². The first-order chi connectivity index (χ1) is 9.04. The molecule has 0 aliphatic rings. The number of benzene rings is 1. The summed E-state index contributed by atoms with van der Waals surface area (Å²) in [6.45, 7) is 2.86. The van der Waals surface area contributed by atoms with Gasteiger partial charge in [0.1, 0.15) is 0 Å². The monoisotopic (exact) mass is 329 g/mol. The summed E-state index contributed by atoms with van der Waals surface area (Å²) in [7, 11) is 3.66. The second-order valence-corrected chi connectivity index (χ2v) is 5.20. The predicted octanol–water partition coefficient (Wildman–Crippen LogP) is 1.34. The van der Waals surface area contributed by atoms with Crippen molar-refractivity contribution in [3.8, 4) is 0 Å². The number of rotatable bonds is 7. The molecular formula is C13H20BrN3O2. The average Bonchev–Trinajstić information content (AvgIpc) is 2.39. The summed E-state index contributed by atoms with van der Waals surface area (Å²) in [5, 5.41) is 2.85. The molecule has 0 saturated carbocycles. The Morgan fingerprint density at radius 2 is 2.21 bits per heavy atom. The molecule has 0 heterocycles. The number of ether oxygens (including phenoxy) is 1. The van der Waals surface area contributed by atoms with Gasteiger partial charge in [-0.25, -0.2) is 0 Å². The van der Waals surface area contributed by atoms with Crippen LogP contribution >= 0.6 is 15.9 Å². The smallest absolute Gasteiger partial charge is 0.253 e. The van der Waals surface area contributed by atoms with Crippen molar-refractivity contribution in [3.05, 3.63) is 28.2 Å². The lowest BCUT2D eigenvalue weighted by molar-refractivity contribution is 0.0948. The van der Waals surface area contributed by atoms with Crippen LogP contribution in [0, 0.1) is 0 Å². The van der Waals surface area contributed by atoms with Gasteiger partial charge in [-0.05, 0) is 25.2 Å². The molecule has 0 radical (unpaired) electrons. The summed E-state index contributed by atoms with van der Waals surface area (Å²) >= 11 is 3.33. The molecule has 0 saturated heterocycles. The Hall–Kier alpha value is -1.11. The van der Waals surface area contributed by atoms with E-state index in [9.17, 15) is 4.79 Å². The van der Waals surface area contributed by atoms with E-state index < -0.39 is 0 Å². The largest absolute Gasteiger partial charge is 0.398 e. The van der Waals surface area contributed by atoms with Gasteiger partial charge in [-0.15, -0.1) is 0 Å². The number of hydrogen-bond acceptors (Lipinski definition) is 4. The fourth-order valence-corrected chi connectivity index (χ4v) is 1.90. The van der Waals surface area contributed by atoms with Gasteiger partial charge in [0.15, 0.2) is 0 Å². The van der Waals surface area contributed by atoms with Crippen molar-refractivity contribution in [2.24, 2.45) is 0 Å². The van der Waals surface area contributed by atoms with Crippen LogP contribution in [-0.4, -0.2) is 51.2 Å². The van der Waals surface area contributed by atoms with E-state index in [2.05, 4.69) is 26.1 Å². The van der Waals surface area contributed by atoms with Gasteiger partial charge >= 0.3 is 0 Å². The molecule has 19 heavy (non-hydrogen) atoms. The van der Waals surface area contributed by atoms with Gasteiger partial charge in [0.05, 0.1) is 12.2 Å². The zero-order valence-electron chi connectivity index (χ0n) is 11.3. The van der Waals surface area contributed by atoms with E-state index in [1.807, 2.05) is 13.1 Å². The topological polar surface area (TPSA) is 67.6 Å². The Balaban J connectivity index is 2.41. The first kappa shape index (κ1) is 15.9. The highest BCUT2D eigenvalue weighted by molar-refractivity contribution is 9.10. The second-order valence-electron chi connectivity index (χ2n) is 4.28. The summed E-state index contributed by atoms with van der Waals surface area (Å²) in [6, 6.07) is 5.24. The van der Waals surface area contributed by atoms with E-state index in [0.29, 0.717) is 24.4 Å². The number of likely N-dealkylation sites (N-methyl/N-ethyl adjacent to an activating group) is 1. The maximum absolute atomic E-state index is 12.0. The van der Waals surface area contributed by atoms with Crippen molar-refractivity contribution in [2.75, 3.05) is 46.1 Å². The maximum atomic E-state index is 12.0. The summed E-state index contributed by atoms with van der Waals surface area (Å²) in [5.41, 5.74) is 6.75. The van der Waals surface area contributed by atoms with Crippen LogP contribution in [0.3, 0.4) is 0 Å². The van der Waals surface area contributed by atoms with Crippen LogP contribution in [0.4, 0.5) is 5.69 Å². The molecule has 5 nitrogen and oxygen atoms in total. The number of amides is 1. The molecule has 1 amide bonds. The number of nitrogen functional groups attached to an aromatic ring is 1. The number of halogens is 1. The van der Waals surface area contributed by atoms with Gasteiger partial charge < -0.3 is 20.7 Å². The van der Waals surface area contributed by atoms with Crippen molar-refractivity contribution >= 4 is 27.5 Å². The molecule has 6 heteroatoms. The average molecular weight is 330 g/mol. The summed E-state index contributed by atoms with van der Waals surface area (Å²) in [5.74, 6) is -0.154. The molecule has 1 aromatic carbocycles. The molecule has 0 bridgehead atoms. The van der Waals surface area contributed by atoms with E-state index in [4.69, 9.17) is 10.5 Å². The molecule has 1 rings (SSSR count). The number of carbonyl (C=O) groups is 1. The van der Waals surface area contributed by atoms with Crippen molar-refractivity contribution in [3.63, 3.8) is 0 Å². The third-order valence-electron chi connectivity index (χ3n) is 2.72. The molecule has 0 aliphatic heterocycles. The Morgan fingerprint density at radius 1 is 1.47 bits per heavy atom. The van der Waals surface area contributed by atoms with Gasteiger partial charge in [0.25, 0.3) is 5.91 Å². The van der Waals surface area contributed by atoms with Gasteiger partial charge in [0, 0.05) is 36.9 Å². The predicted molar refractivity (Wildman–Crippen MR) is 80.3 cm³/mol. The van der Waals surface area contributed by atoms with E-state index in [-0.39, 0.29) is 5.91 Å². The van der Waals surface area contributed by atoms with E-state index in [1.54, 1.807) is 19.2 Å². The molecule has 106 valence electrons. The van der Waals surface area contributed by atoms with Crippen molar-refractivity contribution in [2.45, 2.75) is 0 Å². The van der Waals surface area contributed by atoms with Crippen LogP contribution in [0.25, 0.3) is 0 Å². The fraction of sp³-hybridized carbons (Fsp3) is 0.462. The number of hydrogen-bond donors (Lipinski definition) is 2. The minimum Gasteiger partial charge on any atom is -0.398 e. The molecule has 1 aromatic rings. The summed E-state index contributed by atoms with van der Waals surface area (Å²) < 4.78 is 5.82. The van der Waals surface area contributed by atoms with Crippen LogP contribution < -0.4 is 11.1 Å². The van der Waals surface area contributed by atoms with Crippen LogP contribution in [0.5, 0.6) is 0 Å². The lowest BCUT2D eigenvalue weighted by Crippen LogP contribution is -2.34. The van der Waals surface area contributed by atoms with Crippen molar-refractivity contribution in [1.29, 1.82) is 0 Å². The molecule has 0 aliphatic carbocycles. The fourth-order valence-electron chi connectivity index (χ4n) is 1.54. The first-order valence-electron chi connectivity index (χ1n) is 6.05. The quantitative estimate of drug-likeness (QED) is 0.741. The normalized spacial score (nSPS) is 10.7. The lowest BCUT2D eigenvalue weighted by Gasteiger charge is -2.16. The zero-order valence-corrected chi connectivity index (χ0v) is 12.9. The number of nitrogens with zero attached hydrogens (tertiary/aromatic N) is 1. The SMILES string of the molecule is COCCN(C)CCNC(=O)c1cc(Br)ccc1N. The van der Waals surface area contributed by atoms with Crippen LogP contribution in [0.15, 0.2) is 22.7 Å². The number of nitrogens with two attached hydrogens (primary N) is 1. The molecular weight excluding hydrogens is 310 g/mol. The molecule has 3 N–H and O–H groups in total. The highest BCUT2D eigenvalue weighted by atomic mass is 79.9. The van der Waals surface area contributed by atoms with Gasteiger partial charge in [0.2, 0.25) is 0 Å². The third kappa shape index (κ3) is 5.59. The summed E-state index contributed by atoms with van der Waals surface area (Å²) in [4.78, 5) is 14.0. The minimum absolute atomic E-state index is 0.154. The summed E-state index contributed by atoms with van der Waals surface area (Å²) in [6.07, 6.45) is 0. The van der Waals surface area contributed by atoms with Crippen molar-refractivity contribution < 1.29 is 9.53 Å². The molecule has 0 spiro atoms. The minimum atomic E-state index is -0.154. The van der Waals surface area contributed by atoms with Crippen molar-refractivity contribution in [1.82, 2.24) is 10.2 Å². The first-order valence-corrected chi connectivity index (χ1v) is 6.84. The molecule has 0 unspecified atom stereocenters. The van der Waals surface area contributed by atoms with E-state index in [0.717, 1.165) is 17.6 Å².